The average Bonchev–Trinajstić information content (AvgIpc) is 3.24. The molecule has 0 fully saturated rings. The van der Waals surface area contributed by atoms with Crippen molar-refractivity contribution < 1.29 is 9.90 Å². The number of imidazole rings is 1. The molecule has 0 saturated heterocycles. The van der Waals surface area contributed by atoms with E-state index >= 15 is 0 Å². The molecule has 7 nitrogen and oxygen atoms in total. The Labute approximate surface area is 206 Å². The molecule has 35 heavy (non-hydrogen) atoms. The van der Waals surface area contributed by atoms with Gasteiger partial charge in [-0.25, -0.2) is 14.8 Å². The number of nitrogens with zero attached hydrogens (tertiary/aromatic N) is 4. The fourth-order valence-electron chi connectivity index (χ4n) is 4.58. The lowest BCUT2D eigenvalue weighted by Gasteiger charge is -2.18. The molecule has 2 aromatic heterocycles. The maximum atomic E-state index is 11.6. The summed E-state index contributed by atoms with van der Waals surface area (Å²) in [5.41, 5.74) is 5.23. The standard InChI is InChI=1S/C28H35N5O2/c1-5-8-9-24-31-25-26(22-15-14-21(28(34)35)16-23(22)30-27(25)29-4)33(24)18-20-12-10-19(11-13-20)17-32(6-2)7-3/h10-16H,5-9,17-18H2,1-4H3,(H,29,30)(H,34,35). The van der Waals surface area contributed by atoms with Crippen molar-refractivity contribution in [3.63, 3.8) is 0 Å². The summed E-state index contributed by atoms with van der Waals surface area (Å²) in [4.78, 5) is 23.7. The number of carboxylic acids is 1. The lowest BCUT2D eigenvalue weighted by molar-refractivity contribution is 0.0697. The summed E-state index contributed by atoms with van der Waals surface area (Å²) in [7, 11) is 1.83. The van der Waals surface area contributed by atoms with Gasteiger partial charge in [-0.05, 0) is 48.8 Å². The normalized spacial score (nSPS) is 11.6. The van der Waals surface area contributed by atoms with Gasteiger partial charge in [-0.3, -0.25) is 4.90 Å². The maximum absolute atomic E-state index is 11.6. The number of hydrogen-bond acceptors (Lipinski definition) is 5. The van der Waals surface area contributed by atoms with Gasteiger partial charge in [0.2, 0.25) is 0 Å². The fraction of sp³-hybridized carbons (Fsp3) is 0.393. The number of hydrogen-bond donors (Lipinski definition) is 2. The summed E-state index contributed by atoms with van der Waals surface area (Å²) in [5, 5.41) is 13.6. The van der Waals surface area contributed by atoms with E-state index in [1.165, 1.54) is 11.1 Å². The number of rotatable bonds is 11. The zero-order chi connectivity index (χ0) is 24.9. The molecule has 4 aromatic rings. The molecule has 0 spiro atoms. The predicted octanol–water partition coefficient (Wildman–Crippen LogP) is 5.56. The largest absolute Gasteiger partial charge is 0.478 e. The Morgan fingerprint density at radius 3 is 2.37 bits per heavy atom. The summed E-state index contributed by atoms with van der Waals surface area (Å²) in [6.07, 6.45) is 3.02. The SMILES string of the molecule is CCCCc1nc2c(NC)nc3cc(C(=O)O)ccc3c2n1Cc1ccc(CN(CC)CC)cc1. The molecular weight excluding hydrogens is 438 g/mol. The summed E-state index contributed by atoms with van der Waals surface area (Å²) >= 11 is 0. The molecule has 7 heteroatoms. The van der Waals surface area contributed by atoms with E-state index in [1.807, 2.05) is 13.1 Å². The zero-order valence-corrected chi connectivity index (χ0v) is 21.1. The van der Waals surface area contributed by atoms with Gasteiger partial charge in [-0.2, -0.15) is 0 Å². The minimum atomic E-state index is -0.957. The summed E-state index contributed by atoms with van der Waals surface area (Å²) < 4.78 is 2.29. The molecule has 4 rings (SSSR count). The van der Waals surface area contributed by atoms with Crippen LogP contribution in [0.25, 0.3) is 21.9 Å². The molecular formula is C28H35N5O2. The maximum Gasteiger partial charge on any atom is 0.335 e. The van der Waals surface area contributed by atoms with Crippen LogP contribution < -0.4 is 5.32 Å². The number of nitrogens with one attached hydrogen (secondary N) is 1. The molecule has 0 radical (unpaired) electrons. The number of pyridine rings is 1. The molecule has 2 N–H and O–H groups in total. The Kier molecular flexibility index (Phi) is 7.66. The Hall–Kier alpha value is -3.45. The van der Waals surface area contributed by atoms with E-state index in [0.29, 0.717) is 17.9 Å². The van der Waals surface area contributed by atoms with Crippen molar-refractivity contribution in [2.75, 3.05) is 25.5 Å². The molecule has 184 valence electrons. The van der Waals surface area contributed by atoms with Crippen LogP contribution in [-0.4, -0.2) is 50.6 Å². The van der Waals surface area contributed by atoms with Gasteiger partial charge in [0, 0.05) is 31.9 Å². The highest BCUT2D eigenvalue weighted by Crippen LogP contribution is 2.32. The number of fused-ring (bicyclic) bond motifs is 3. The van der Waals surface area contributed by atoms with Crippen LogP contribution in [0, 0.1) is 0 Å². The first-order valence-corrected chi connectivity index (χ1v) is 12.5. The molecule has 0 unspecified atom stereocenters. The van der Waals surface area contributed by atoms with Crippen LogP contribution in [0.5, 0.6) is 0 Å². The van der Waals surface area contributed by atoms with Gasteiger partial charge in [0.05, 0.1) is 16.6 Å². The first-order valence-electron chi connectivity index (χ1n) is 12.5. The van der Waals surface area contributed by atoms with Crippen LogP contribution in [0.2, 0.25) is 0 Å². The van der Waals surface area contributed by atoms with Crippen LogP contribution in [0.1, 0.15) is 60.9 Å². The van der Waals surface area contributed by atoms with Crippen molar-refractivity contribution in [3.8, 4) is 0 Å². The monoisotopic (exact) mass is 473 g/mol. The van der Waals surface area contributed by atoms with Gasteiger partial charge < -0.3 is 15.0 Å². The van der Waals surface area contributed by atoms with E-state index in [-0.39, 0.29) is 5.56 Å². The first-order chi connectivity index (χ1) is 17.0. The van der Waals surface area contributed by atoms with Crippen molar-refractivity contribution in [1.29, 1.82) is 0 Å². The number of benzene rings is 2. The molecule has 2 heterocycles. The highest BCUT2D eigenvalue weighted by molar-refractivity contribution is 6.08. The molecule has 2 aromatic carbocycles. The molecule has 0 aliphatic rings. The van der Waals surface area contributed by atoms with Crippen LogP contribution in [0.4, 0.5) is 5.82 Å². The lowest BCUT2D eigenvalue weighted by atomic mass is 10.1. The quantitative estimate of drug-likeness (QED) is 0.297. The second-order valence-corrected chi connectivity index (χ2v) is 8.94. The van der Waals surface area contributed by atoms with Crippen molar-refractivity contribution in [2.24, 2.45) is 0 Å². The summed E-state index contributed by atoms with van der Waals surface area (Å²) in [6.45, 7) is 10.3. The lowest BCUT2D eigenvalue weighted by Crippen LogP contribution is -2.22. The number of aromatic nitrogens is 3. The smallest absolute Gasteiger partial charge is 0.335 e. The second-order valence-electron chi connectivity index (χ2n) is 8.94. The molecule has 0 amide bonds. The average molecular weight is 474 g/mol. The van der Waals surface area contributed by atoms with E-state index in [0.717, 1.165) is 61.1 Å². The molecule has 0 bridgehead atoms. The van der Waals surface area contributed by atoms with Gasteiger partial charge in [0.25, 0.3) is 0 Å². The molecule has 0 aliphatic heterocycles. The van der Waals surface area contributed by atoms with Crippen LogP contribution in [-0.2, 0) is 19.5 Å². The van der Waals surface area contributed by atoms with Crippen LogP contribution in [0.15, 0.2) is 42.5 Å². The van der Waals surface area contributed by atoms with Crippen molar-refractivity contribution in [2.45, 2.75) is 53.1 Å². The Morgan fingerprint density at radius 2 is 1.74 bits per heavy atom. The highest BCUT2D eigenvalue weighted by atomic mass is 16.4. The van der Waals surface area contributed by atoms with Crippen LogP contribution >= 0.6 is 0 Å². The minimum absolute atomic E-state index is 0.229. The van der Waals surface area contributed by atoms with Gasteiger partial charge in [0.1, 0.15) is 11.3 Å². The number of unbranched alkanes of at least 4 members (excludes halogenated alkanes) is 1. The Bertz CT molecular complexity index is 1320. The van der Waals surface area contributed by atoms with Gasteiger partial charge in [-0.1, -0.05) is 51.5 Å². The number of carbonyl (C=O) groups is 1. The van der Waals surface area contributed by atoms with E-state index in [1.54, 1.807) is 12.1 Å². The number of aryl methyl sites for hydroxylation is 1. The first kappa shape index (κ1) is 24.7. The third-order valence-electron chi connectivity index (χ3n) is 6.66. The highest BCUT2D eigenvalue weighted by Gasteiger charge is 2.19. The predicted molar refractivity (Wildman–Crippen MR) is 142 cm³/mol. The fourth-order valence-corrected chi connectivity index (χ4v) is 4.58. The van der Waals surface area contributed by atoms with E-state index in [2.05, 4.69) is 59.8 Å². The number of carboxylic acid groups (broad SMARTS) is 1. The van der Waals surface area contributed by atoms with Crippen molar-refractivity contribution in [3.05, 3.63) is 65.0 Å². The third-order valence-corrected chi connectivity index (χ3v) is 6.66. The topological polar surface area (TPSA) is 83.3 Å². The molecule has 0 saturated carbocycles. The third kappa shape index (κ3) is 5.15. The van der Waals surface area contributed by atoms with Crippen molar-refractivity contribution in [1.82, 2.24) is 19.4 Å². The van der Waals surface area contributed by atoms with Gasteiger partial charge in [-0.15, -0.1) is 0 Å². The van der Waals surface area contributed by atoms with Gasteiger partial charge in [0.15, 0.2) is 5.82 Å². The zero-order valence-electron chi connectivity index (χ0n) is 21.1. The Balaban J connectivity index is 1.82. The molecule has 0 atom stereocenters. The van der Waals surface area contributed by atoms with E-state index in [9.17, 15) is 9.90 Å². The van der Waals surface area contributed by atoms with Gasteiger partial charge >= 0.3 is 5.97 Å². The van der Waals surface area contributed by atoms with E-state index in [4.69, 9.17) is 9.97 Å². The van der Waals surface area contributed by atoms with Crippen molar-refractivity contribution >= 4 is 33.7 Å². The number of anilines is 1. The van der Waals surface area contributed by atoms with E-state index < -0.39 is 5.97 Å². The summed E-state index contributed by atoms with van der Waals surface area (Å²) in [5.74, 6) is 0.741. The Morgan fingerprint density at radius 1 is 1.03 bits per heavy atom. The van der Waals surface area contributed by atoms with Crippen LogP contribution in [0.3, 0.4) is 0 Å². The molecule has 0 aliphatic carbocycles. The number of aromatic carboxylic acids is 1. The second kappa shape index (κ2) is 10.9. The summed E-state index contributed by atoms with van der Waals surface area (Å²) in [6, 6.07) is 14.0. The minimum Gasteiger partial charge on any atom is -0.478 e.